The molecular formula is C13H20N2O4. The summed E-state index contributed by atoms with van der Waals surface area (Å²) >= 11 is 0. The second-order valence-corrected chi connectivity index (χ2v) is 4.07. The Bertz CT molecular complexity index is 389. The van der Waals surface area contributed by atoms with E-state index in [2.05, 4.69) is 5.32 Å². The van der Waals surface area contributed by atoms with Gasteiger partial charge in [0.1, 0.15) is 6.26 Å². The summed E-state index contributed by atoms with van der Waals surface area (Å²) in [5.74, 6) is -0.275. The maximum Gasteiger partial charge on any atom is 0.254 e. The van der Waals surface area contributed by atoms with E-state index in [0.29, 0.717) is 31.6 Å². The van der Waals surface area contributed by atoms with Crippen LogP contribution in [0.1, 0.15) is 30.1 Å². The maximum atomic E-state index is 11.8. The highest BCUT2D eigenvalue weighted by Crippen LogP contribution is 2.00. The lowest BCUT2D eigenvalue weighted by molar-refractivity contribution is -0.131. The number of amides is 2. The van der Waals surface area contributed by atoms with E-state index in [1.54, 1.807) is 11.0 Å². The summed E-state index contributed by atoms with van der Waals surface area (Å²) in [7, 11) is 0. The van der Waals surface area contributed by atoms with Crippen LogP contribution in [0.4, 0.5) is 0 Å². The van der Waals surface area contributed by atoms with Gasteiger partial charge in [-0.05, 0) is 19.4 Å². The Hall–Kier alpha value is -1.82. The second-order valence-electron chi connectivity index (χ2n) is 4.07. The molecule has 2 N–H and O–H groups in total. The number of aliphatic hydroxyl groups is 1. The van der Waals surface area contributed by atoms with E-state index < -0.39 is 0 Å². The van der Waals surface area contributed by atoms with Gasteiger partial charge in [0.15, 0.2) is 0 Å². The van der Waals surface area contributed by atoms with Gasteiger partial charge in [-0.15, -0.1) is 0 Å². The lowest BCUT2D eigenvalue weighted by Gasteiger charge is -2.20. The number of aliphatic hydroxyl groups excluding tert-OH is 1. The van der Waals surface area contributed by atoms with Gasteiger partial charge in [-0.1, -0.05) is 0 Å². The highest BCUT2D eigenvalue weighted by molar-refractivity contribution is 5.94. The third-order valence-electron chi connectivity index (χ3n) is 2.73. The van der Waals surface area contributed by atoms with Crippen molar-refractivity contribution < 1.29 is 19.1 Å². The maximum absolute atomic E-state index is 11.8. The van der Waals surface area contributed by atoms with Gasteiger partial charge in [0.25, 0.3) is 5.91 Å². The van der Waals surface area contributed by atoms with E-state index in [1.165, 1.54) is 12.5 Å². The molecule has 1 rings (SSSR count). The molecule has 0 aliphatic rings. The number of carbonyl (C=O) groups excluding carboxylic acids is 2. The van der Waals surface area contributed by atoms with Gasteiger partial charge in [0, 0.05) is 32.7 Å². The number of nitrogens with one attached hydrogen (secondary N) is 1. The van der Waals surface area contributed by atoms with E-state index in [1.807, 2.05) is 6.92 Å². The Balaban J connectivity index is 2.27. The molecular weight excluding hydrogens is 248 g/mol. The predicted molar refractivity (Wildman–Crippen MR) is 69.6 cm³/mol. The summed E-state index contributed by atoms with van der Waals surface area (Å²) < 4.78 is 4.80. The largest absolute Gasteiger partial charge is 0.472 e. The zero-order valence-corrected chi connectivity index (χ0v) is 11.1. The van der Waals surface area contributed by atoms with E-state index in [4.69, 9.17) is 9.52 Å². The van der Waals surface area contributed by atoms with Crippen LogP contribution >= 0.6 is 0 Å². The molecule has 0 aromatic carbocycles. The average Bonchev–Trinajstić information content (AvgIpc) is 2.93. The fourth-order valence-corrected chi connectivity index (χ4v) is 1.66. The zero-order chi connectivity index (χ0) is 14.1. The van der Waals surface area contributed by atoms with Gasteiger partial charge in [0.05, 0.1) is 11.8 Å². The summed E-state index contributed by atoms with van der Waals surface area (Å²) in [4.78, 5) is 25.1. The first kappa shape index (κ1) is 15.2. The van der Waals surface area contributed by atoms with Crippen LogP contribution in [0.3, 0.4) is 0 Å². The highest BCUT2D eigenvalue weighted by atomic mass is 16.3. The van der Waals surface area contributed by atoms with Gasteiger partial charge in [-0.2, -0.15) is 0 Å². The van der Waals surface area contributed by atoms with E-state index in [9.17, 15) is 9.59 Å². The van der Waals surface area contributed by atoms with Gasteiger partial charge in [-0.25, -0.2) is 0 Å². The molecule has 19 heavy (non-hydrogen) atoms. The van der Waals surface area contributed by atoms with Gasteiger partial charge < -0.3 is 19.7 Å². The number of rotatable bonds is 8. The first-order chi connectivity index (χ1) is 9.19. The summed E-state index contributed by atoms with van der Waals surface area (Å²) in [6.45, 7) is 3.40. The SMILES string of the molecule is CCN(CCCO)C(=O)CCNC(=O)c1ccoc1. The minimum Gasteiger partial charge on any atom is -0.472 e. The molecule has 0 aliphatic heterocycles. The average molecular weight is 268 g/mol. The molecule has 0 aliphatic carbocycles. The molecule has 0 spiro atoms. The van der Waals surface area contributed by atoms with Crippen molar-refractivity contribution in [3.8, 4) is 0 Å². The van der Waals surface area contributed by atoms with Crippen molar-refractivity contribution in [2.75, 3.05) is 26.2 Å². The quantitative estimate of drug-likeness (QED) is 0.724. The molecule has 0 saturated heterocycles. The van der Waals surface area contributed by atoms with Crippen LogP contribution in [-0.2, 0) is 4.79 Å². The van der Waals surface area contributed by atoms with E-state index in [-0.39, 0.29) is 24.8 Å². The first-order valence-electron chi connectivity index (χ1n) is 6.38. The molecule has 1 aromatic heterocycles. The molecule has 106 valence electrons. The Kier molecular flexibility index (Phi) is 6.67. The van der Waals surface area contributed by atoms with E-state index in [0.717, 1.165) is 0 Å². The number of furan rings is 1. The third kappa shape index (κ3) is 5.13. The first-order valence-corrected chi connectivity index (χ1v) is 6.38. The number of hydrogen-bond donors (Lipinski definition) is 2. The fourth-order valence-electron chi connectivity index (χ4n) is 1.66. The molecule has 0 bridgehead atoms. The summed E-state index contributed by atoms with van der Waals surface area (Å²) in [5, 5.41) is 11.4. The standard InChI is InChI=1S/C13H20N2O4/c1-2-15(7-3-8-16)12(17)4-6-14-13(18)11-5-9-19-10-11/h5,9-10,16H,2-4,6-8H2,1H3,(H,14,18). The van der Waals surface area contributed by atoms with Crippen LogP contribution in [-0.4, -0.2) is 48.1 Å². The normalized spacial score (nSPS) is 10.2. The molecule has 2 amide bonds. The topological polar surface area (TPSA) is 82.8 Å². The zero-order valence-electron chi connectivity index (χ0n) is 11.1. The fraction of sp³-hybridized carbons (Fsp3) is 0.538. The second kappa shape index (κ2) is 8.31. The van der Waals surface area contributed by atoms with E-state index >= 15 is 0 Å². The molecule has 6 nitrogen and oxygen atoms in total. The number of nitrogens with zero attached hydrogens (tertiary/aromatic N) is 1. The molecule has 1 heterocycles. The lowest BCUT2D eigenvalue weighted by Crippen LogP contribution is -2.35. The predicted octanol–water partition coefficient (Wildman–Crippen LogP) is 0.630. The molecule has 0 fully saturated rings. The van der Waals surface area contributed by atoms with Crippen LogP contribution in [0.2, 0.25) is 0 Å². The van der Waals surface area contributed by atoms with Crippen molar-refractivity contribution in [3.05, 3.63) is 24.2 Å². The van der Waals surface area contributed by atoms with Crippen molar-refractivity contribution in [1.82, 2.24) is 10.2 Å². The van der Waals surface area contributed by atoms with Crippen LogP contribution in [0.15, 0.2) is 23.0 Å². The van der Waals surface area contributed by atoms with Crippen molar-refractivity contribution in [2.45, 2.75) is 19.8 Å². The molecule has 0 saturated carbocycles. The Labute approximate surface area is 112 Å². The van der Waals surface area contributed by atoms with Crippen molar-refractivity contribution in [1.29, 1.82) is 0 Å². The number of hydrogen-bond acceptors (Lipinski definition) is 4. The molecule has 1 aromatic rings. The number of carbonyl (C=O) groups is 2. The van der Waals surface area contributed by atoms with Gasteiger partial charge in [0.2, 0.25) is 5.91 Å². The van der Waals surface area contributed by atoms with Gasteiger partial charge >= 0.3 is 0 Å². The molecule has 0 unspecified atom stereocenters. The van der Waals surface area contributed by atoms with Crippen molar-refractivity contribution >= 4 is 11.8 Å². The van der Waals surface area contributed by atoms with Crippen molar-refractivity contribution in [2.24, 2.45) is 0 Å². The third-order valence-corrected chi connectivity index (χ3v) is 2.73. The Morgan fingerprint density at radius 3 is 2.84 bits per heavy atom. The molecule has 0 atom stereocenters. The Morgan fingerprint density at radius 2 is 2.26 bits per heavy atom. The minimum atomic E-state index is -0.250. The summed E-state index contributed by atoms with van der Waals surface area (Å²) in [5.41, 5.74) is 0.445. The molecule has 6 heteroatoms. The van der Waals surface area contributed by atoms with Crippen LogP contribution in [0.25, 0.3) is 0 Å². The van der Waals surface area contributed by atoms with Crippen LogP contribution in [0, 0.1) is 0 Å². The lowest BCUT2D eigenvalue weighted by atomic mass is 10.3. The van der Waals surface area contributed by atoms with Crippen LogP contribution < -0.4 is 5.32 Å². The highest BCUT2D eigenvalue weighted by Gasteiger charge is 2.12. The smallest absolute Gasteiger partial charge is 0.254 e. The Morgan fingerprint density at radius 1 is 1.47 bits per heavy atom. The van der Waals surface area contributed by atoms with Crippen molar-refractivity contribution in [3.63, 3.8) is 0 Å². The molecule has 0 radical (unpaired) electrons. The monoisotopic (exact) mass is 268 g/mol. The van der Waals surface area contributed by atoms with Gasteiger partial charge in [-0.3, -0.25) is 9.59 Å². The summed E-state index contributed by atoms with van der Waals surface area (Å²) in [6.07, 6.45) is 3.61. The minimum absolute atomic E-state index is 0.0246. The summed E-state index contributed by atoms with van der Waals surface area (Å²) in [6, 6.07) is 1.57. The van der Waals surface area contributed by atoms with Crippen LogP contribution in [0.5, 0.6) is 0 Å².